The molecule has 0 bridgehead atoms. The molecule has 2 aromatic carbocycles. The van der Waals surface area contributed by atoms with Gasteiger partial charge in [0, 0.05) is 11.9 Å². The third-order valence-corrected chi connectivity index (χ3v) is 3.61. The molecule has 0 spiro atoms. The van der Waals surface area contributed by atoms with E-state index in [1.807, 2.05) is 44.4 Å². The summed E-state index contributed by atoms with van der Waals surface area (Å²) in [6, 6.07) is 13.0. The molecule has 3 aromatic rings. The summed E-state index contributed by atoms with van der Waals surface area (Å²) in [5.74, 6) is 0.760. The predicted octanol–water partition coefficient (Wildman–Crippen LogP) is 3.28. The quantitative estimate of drug-likeness (QED) is 0.412. The Morgan fingerprint density at radius 2 is 1.82 bits per heavy atom. The summed E-state index contributed by atoms with van der Waals surface area (Å²) in [4.78, 5) is 14.2. The third-order valence-electron chi connectivity index (χ3n) is 3.61. The molecule has 0 saturated carbocycles. The fourth-order valence-electron chi connectivity index (χ4n) is 2.58. The Morgan fingerprint density at radius 3 is 2.59 bits per heavy atom. The van der Waals surface area contributed by atoms with Gasteiger partial charge in [-0.3, -0.25) is 0 Å². The number of ether oxygens (including phenoxy) is 1. The van der Waals surface area contributed by atoms with Crippen LogP contribution in [-0.2, 0) is 0 Å². The summed E-state index contributed by atoms with van der Waals surface area (Å²) in [6.07, 6.45) is 0.943. The molecule has 0 aliphatic heterocycles. The van der Waals surface area contributed by atoms with E-state index in [1.54, 1.807) is 12.1 Å². The second kappa shape index (κ2) is 6.20. The number of hydrogen-bond acceptors (Lipinski definition) is 4. The lowest BCUT2D eigenvalue weighted by Gasteiger charge is -2.12. The average molecular weight is 297 g/mol. The highest BCUT2D eigenvalue weighted by molar-refractivity contribution is 6.07. The van der Waals surface area contributed by atoms with Crippen molar-refractivity contribution < 1.29 is 9.15 Å². The zero-order valence-corrected chi connectivity index (χ0v) is 12.8. The van der Waals surface area contributed by atoms with Gasteiger partial charge in [-0.2, -0.15) is 0 Å². The molecule has 0 atom stereocenters. The van der Waals surface area contributed by atoms with Gasteiger partial charge in [-0.25, -0.2) is 4.79 Å². The Bertz CT molecular complexity index is 852. The van der Waals surface area contributed by atoms with Gasteiger partial charge in [-0.1, -0.05) is 24.3 Å². The minimum Gasteiger partial charge on any atom is -0.493 e. The van der Waals surface area contributed by atoms with Crippen LogP contribution in [0, 0.1) is 0 Å². The summed E-state index contributed by atoms with van der Waals surface area (Å²) >= 11 is 0. The molecule has 0 fully saturated rings. The van der Waals surface area contributed by atoms with Crippen molar-refractivity contribution in [1.29, 1.82) is 0 Å². The molecule has 0 radical (unpaired) electrons. The Kier molecular flexibility index (Phi) is 4.11. The zero-order chi connectivity index (χ0) is 15.5. The van der Waals surface area contributed by atoms with Gasteiger partial charge in [0.25, 0.3) is 0 Å². The molecule has 4 nitrogen and oxygen atoms in total. The largest absolute Gasteiger partial charge is 0.493 e. The predicted molar refractivity (Wildman–Crippen MR) is 88.7 cm³/mol. The SMILES string of the molecule is CN(C)CCCOc1cccc2oc(=O)c3ccccc3c12. The Labute approximate surface area is 128 Å². The van der Waals surface area contributed by atoms with Crippen molar-refractivity contribution in [2.75, 3.05) is 27.2 Å². The van der Waals surface area contributed by atoms with Crippen LogP contribution in [-0.4, -0.2) is 32.1 Å². The summed E-state index contributed by atoms with van der Waals surface area (Å²) in [5.41, 5.74) is 0.252. The van der Waals surface area contributed by atoms with Gasteiger partial charge in [0.15, 0.2) is 0 Å². The van der Waals surface area contributed by atoms with Crippen LogP contribution in [0.25, 0.3) is 21.7 Å². The lowest BCUT2D eigenvalue weighted by Crippen LogP contribution is -2.15. The Hall–Kier alpha value is -2.33. The van der Waals surface area contributed by atoms with Gasteiger partial charge < -0.3 is 14.1 Å². The van der Waals surface area contributed by atoms with E-state index in [1.165, 1.54) is 0 Å². The van der Waals surface area contributed by atoms with E-state index >= 15 is 0 Å². The highest BCUT2D eigenvalue weighted by Gasteiger charge is 2.11. The van der Waals surface area contributed by atoms with Crippen molar-refractivity contribution in [1.82, 2.24) is 4.90 Å². The highest BCUT2D eigenvalue weighted by Crippen LogP contribution is 2.31. The number of nitrogens with zero attached hydrogens (tertiary/aromatic N) is 1. The van der Waals surface area contributed by atoms with Gasteiger partial charge in [-0.15, -0.1) is 0 Å². The van der Waals surface area contributed by atoms with Crippen LogP contribution in [0.15, 0.2) is 51.7 Å². The van der Waals surface area contributed by atoms with Crippen LogP contribution in [0.2, 0.25) is 0 Å². The lowest BCUT2D eigenvalue weighted by atomic mass is 10.1. The second-order valence-electron chi connectivity index (χ2n) is 5.57. The van der Waals surface area contributed by atoms with E-state index in [2.05, 4.69) is 4.90 Å². The van der Waals surface area contributed by atoms with Crippen molar-refractivity contribution >= 4 is 21.7 Å². The molecule has 0 amide bonds. The van der Waals surface area contributed by atoms with Crippen LogP contribution in [0.1, 0.15) is 6.42 Å². The first-order valence-corrected chi connectivity index (χ1v) is 7.39. The Balaban J connectivity index is 2.03. The van der Waals surface area contributed by atoms with Crippen LogP contribution >= 0.6 is 0 Å². The van der Waals surface area contributed by atoms with E-state index in [9.17, 15) is 4.79 Å². The van der Waals surface area contributed by atoms with E-state index in [0.29, 0.717) is 17.6 Å². The molecule has 0 saturated heterocycles. The van der Waals surface area contributed by atoms with Crippen molar-refractivity contribution in [2.24, 2.45) is 0 Å². The van der Waals surface area contributed by atoms with Crippen LogP contribution in [0.3, 0.4) is 0 Å². The van der Waals surface area contributed by atoms with E-state index in [4.69, 9.17) is 9.15 Å². The summed E-state index contributed by atoms with van der Waals surface area (Å²) in [7, 11) is 4.08. The van der Waals surface area contributed by atoms with Crippen molar-refractivity contribution in [3.8, 4) is 5.75 Å². The first-order valence-electron chi connectivity index (χ1n) is 7.39. The zero-order valence-electron chi connectivity index (χ0n) is 12.8. The summed E-state index contributed by atoms with van der Waals surface area (Å²) in [6.45, 7) is 1.60. The number of hydrogen-bond donors (Lipinski definition) is 0. The molecule has 0 aliphatic carbocycles. The first kappa shape index (κ1) is 14.6. The molecule has 1 heterocycles. The molecular formula is C18H19NO3. The molecular weight excluding hydrogens is 278 g/mol. The molecule has 1 aromatic heterocycles. The Morgan fingerprint density at radius 1 is 1.05 bits per heavy atom. The molecule has 4 heteroatoms. The molecule has 22 heavy (non-hydrogen) atoms. The normalized spacial score (nSPS) is 11.4. The molecule has 0 N–H and O–H groups in total. The minimum absolute atomic E-state index is 0.312. The van der Waals surface area contributed by atoms with Crippen molar-refractivity contribution in [3.63, 3.8) is 0 Å². The fraction of sp³-hybridized carbons (Fsp3) is 0.278. The average Bonchev–Trinajstić information content (AvgIpc) is 2.51. The number of benzene rings is 2. The van der Waals surface area contributed by atoms with Crippen molar-refractivity contribution in [2.45, 2.75) is 6.42 Å². The van der Waals surface area contributed by atoms with Gasteiger partial charge in [-0.05, 0) is 38.7 Å². The monoisotopic (exact) mass is 297 g/mol. The van der Waals surface area contributed by atoms with Gasteiger partial charge in [0.1, 0.15) is 11.3 Å². The van der Waals surface area contributed by atoms with Crippen molar-refractivity contribution in [3.05, 3.63) is 52.9 Å². The maximum Gasteiger partial charge on any atom is 0.344 e. The molecule has 0 unspecified atom stereocenters. The number of fused-ring (bicyclic) bond motifs is 3. The highest BCUT2D eigenvalue weighted by atomic mass is 16.5. The maximum atomic E-state index is 12.0. The molecule has 0 aliphatic rings. The van der Waals surface area contributed by atoms with Crippen LogP contribution in [0.5, 0.6) is 5.75 Å². The second-order valence-corrected chi connectivity index (χ2v) is 5.57. The van der Waals surface area contributed by atoms with E-state index < -0.39 is 0 Å². The maximum absolute atomic E-state index is 12.0. The fourth-order valence-corrected chi connectivity index (χ4v) is 2.58. The summed E-state index contributed by atoms with van der Waals surface area (Å²) < 4.78 is 11.3. The molecule has 114 valence electrons. The van der Waals surface area contributed by atoms with Gasteiger partial charge in [0.2, 0.25) is 0 Å². The number of rotatable bonds is 5. The minimum atomic E-state index is -0.312. The molecule has 3 rings (SSSR count). The van der Waals surface area contributed by atoms with E-state index in [-0.39, 0.29) is 5.63 Å². The summed E-state index contributed by atoms with van der Waals surface area (Å²) in [5, 5.41) is 2.32. The third kappa shape index (κ3) is 2.83. The van der Waals surface area contributed by atoms with Gasteiger partial charge >= 0.3 is 5.63 Å². The van der Waals surface area contributed by atoms with Crippen LogP contribution in [0.4, 0.5) is 0 Å². The van der Waals surface area contributed by atoms with Crippen LogP contribution < -0.4 is 10.4 Å². The topological polar surface area (TPSA) is 42.7 Å². The first-order chi connectivity index (χ1) is 10.7. The standard InChI is InChI=1S/C18H19NO3/c1-19(2)11-6-12-21-15-9-5-10-16-17(15)13-7-3-4-8-14(13)18(20)22-16/h3-5,7-10H,6,11-12H2,1-2H3. The van der Waals surface area contributed by atoms with E-state index in [0.717, 1.165) is 29.5 Å². The van der Waals surface area contributed by atoms with Gasteiger partial charge in [0.05, 0.1) is 17.4 Å². The lowest BCUT2D eigenvalue weighted by molar-refractivity contribution is 0.284. The smallest absolute Gasteiger partial charge is 0.344 e.